The molecule has 1 N–H and O–H groups in total. The van der Waals surface area contributed by atoms with Crippen LogP contribution in [-0.4, -0.2) is 22.5 Å². The maximum absolute atomic E-state index is 9.16. The quantitative estimate of drug-likeness (QED) is 0.888. The van der Waals surface area contributed by atoms with E-state index in [1.54, 1.807) is 0 Å². The van der Waals surface area contributed by atoms with E-state index in [-0.39, 0.29) is 0 Å². The Bertz CT molecular complexity index is 472. The molecule has 1 heterocycles. The van der Waals surface area contributed by atoms with Crippen molar-refractivity contribution in [2.24, 2.45) is 0 Å². The summed E-state index contributed by atoms with van der Waals surface area (Å²) in [5.74, 6) is 0.741. The minimum absolute atomic E-state index is 0.381. The molecular formula is C13H17N3S. The zero-order valence-electron chi connectivity index (χ0n) is 10.5. The normalized spacial score (nSPS) is 16.4. The van der Waals surface area contributed by atoms with E-state index in [9.17, 15) is 0 Å². The van der Waals surface area contributed by atoms with Crippen LogP contribution in [-0.2, 0) is 0 Å². The highest BCUT2D eigenvalue weighted by atomic mass is 32.2. The van der Waals surface area contributed by atoms with Crippen molar-refractivity contribution in [1.82, 2.24) is 4.98 Å². The van der Waals surface area contributed by atoms with E-state index in [0.717, 1.165) is 23.6 Å². The largest absolute Gasteiger partial charge is 0.368 e. The Balaban J connectivity index is 2.18. The highest BCUT2D eigenvalue weighted by Crippen LogP contribution is 2.47. The number of thioether (sulfide) groups is 1. The van der Waals surface area contributed by atoms with Crippen molar-refractivity contribution in [2.45, 2.75) is 31.4 Å². The number of nitrogens with one attached hydrogen (secondary N) is 1. The molecule has 0 atom stereocenters. The van der Waals surface area contributed by atoms with E-state index in [0.29, 0.717) is 10.3 Å². The van der Waals surface area contributed by atoms with Gasteiger partial charge in [0.15, 0.2) is 0 Å². The zero-order valence-corrected chi connectivity index (χ0v) is 11.3. The molecule has 4 heteroatoms. The summed E-state index contributed by atoms with van der Waals surface area (Å²) in [6, 6.07) is 4.18. The van der Waals surface area contributed by atoms with Crippen molar-refractivity contribution in [3.05, 3.63) is 22.9 Å². The topological polar surface area (TPSA) is 48.7 Å². The number of pyridine rings is 1. The minimum atomic E-state index is 0.381. The number of hydrogen-bond acceptors (Lipinski definition) is 4. The molecule has 0 amide bonds. The molecule has 1 saturated carbocycles. The van der Waals surface area contributed by atoms with Crippen molar-refractivity contribution < 1.29 is 0 Å². The van der Waals surface area contributed by atoms with Crippen LogP contribution in [0.4, 0.5) is 5.82 Å². The van der Waals surface area contributed by atoms with Crippen molar-refractivity contribution in [1.29, 1.82) is 5.26 Å². The van der Waals surface area contributed by atoms with Gasteiger partial charge in [-0.05, 0) is 44.6 Å². The van der Waals surface area contributed by atoms with E-state index in [2.05, 4.69) is 22.6 Å². The minimum Gasteiger partial charge on any atom is -0.368 e. The molecule has 17 heavy (non-hydrogen) atoms. The lowest BCUT2D eigenvalue weighted by molar-refractivity contribution is 0.935. The molecule has 1 aromatic heterocycles. The number of hydrogen-bond donors (Lipinski definition) is 1. The van der Waals surface area contributed by atoms with Gasteiger partial charge in [-0.1, -0.05) is 0 Å². The summed E-state index contributed by atoms with van der Waals surface area (Å²) in [6.07, 6.45) is 4.66. The Morgan fingerprint density at radius 3 is 2.76 bits per heavy atom. The monoisotopic (exact) mass is 247 g/mol. The second kappa shape index (κ2) is 4.58. The fourth-order valence-electron chi connectivity index (χ4n) is 1.94. The molecule has 2 rings (SSSR count). The number of nitriles is 1. The molecule has 1 fully saturated rings. The third kappa shape index (κ3) is 2.55. The third-order valence-electron chi connectivity index (χ3n) is 3.28. The predicted octanol–water partition coefficient (Wildman–Crippen LogP) is 2.88. The van der Waals surface area contributed by atoms with Gasteiger partial charge in [-0.15, -0.1) is 0 Å². The summed E-state index contributed by atoms with van der Waals surface area (Å²) in [5, 5.41) is 12.5. The first-order chi connectivity index (χ1) is 8.10. The molecule has 0 aliphatic heterocycles. The van der Waals surface area contributed by atoms with Crippen LogP contribution in [0.3, 0.4) is 0 Å². The summed E-state index contributed by atoms with van der Waals surface area (Å²) < 4.78 is 0.381. The van der Waals surface area contributed by atoms with Gasteiger partial charge in [0.25, 0.3) is 0 Å². The molecule has 0 aromatic carbocycles. The number of anilines is 1. The lowest BCUT2D eigenvalue weighted by Crippen LogP contribution is -2.19. The molecular weight excluding hydrogens is 230 g/mol. The zero-order chi connectivity index (χ0) is 12.5. The maximum atomic E-state index is 9.16. The summed E-state index contributed by atoms with van der Waals surface area (Å²) in [7, 11) is 0. The van der Waals surface area contributed by atoms with Gasteiger partial charge in [-0.25, -0.2) is 4.98 Å². The van der Waals surface area contributed by atoms with Gasteiger partial charge in [0.2, 0.25) is 0 Å². The predicted molar refractivity (Wildman–Crippen MR) is 72.4 cm³/mol. The Morgan fingerprint density at radius 1 is 1.53 bits per heavy atom. The number of rotatable bonds is 4. The first-order valence-corrected chi connectivity index (χ1v) is 7.00. The van der Waals surface area contributed by atoms with Gasteiger partial charge in [0, 0.05) is 17.0 Å². The number of aryl methyl sites for hydroxylation is 2. The number of nitrogens with zero attached hydrogens (tertiary/aromatic N) is 2. The second-order valence-electron chi connectivity index (χ2n) is 4.66. The fraction of sp³-hybridized carbons (Fsp3) is 0.538. The van der Waals surface area contributed by atoms with Crippen molar-refractivity contribution in [2.75, 3.05) is 18.1 Å². The van der Waals surface area contributed by atoms with E-state index < -0.39 is 0 Å². The van der Waals surface area contributed by atoms with Gasteiger partial charge >= 0.3 is 0 Å². The SMILES string of the molecule is CSC1(CNc2nc(C)cc(C)c2C#N)CC1. The lowest BCUT2D eigenvalue weighted by Gasteiger charge is -2.15. The van der Waals surface area contributed by atoms with Crippen molar-refractivity contribution >= 4 is 17.6 Å². The first kappa shape index (κ1) is 12.3. The third-order valence-corrected chi connectivity index (χ3v) is 4.69. The van der Waals surface area contributed by atoms with Gasteiger partial charge in [0.1, 0.15) is 11.9 Å². The molecule has 1 aromatic rings. The Hall–Kier alpha value is -1.21. The number of aromatic nitrogens is 1. The summed E-state index contributed by atoms with van der Waals surface area (Å²) in [4.78, 5) is 4.43. The molecule has 0 saturated heterocycles. The Kier molecular flexibility index (Phi) is 3.30. The molecule has 1 aliphatic rings. The van der Waals surface area contributed by atoms with Crippen LogP contribution in [0.5, 0.6) is 0 Å². The summed E-state index contributed by atoms with van der Waals surface area (Å²) in [6.45, 7) is 4.82. The van der Waals surface area contributed by atoms with Crippen LogP contribution >= 0.6 is 11.8 Å². The highest BCUT2D eigenvalue weighted by Gasteiger charge is 2.41. The van der Waals surface area contributed by atoms with Gasteiger partial charge in [0.05, 0.1) is 5.56 Å². The van der Waals surface area contributed by atoms with Crippen LogP contribution in [0.25, 0.3) is 0 Å². The fourth-order valence-corrected chi connectivity index (χ4v) is 2.67. The first-order valence-electron chi connectivity index (χ1n) is 5.77. The van der Waals surface area contributed by atoms with Crippen molar-refractivity contribution in [3.8, 4) is 6.07 Å². The van der Waals surface area contributed by atoms with Crippen LogP contribution in [0.2, 0.25) is 0 Å². The maximum Gasteiger partial charge on any atom is 0.144 e. The molecule has 0 spiro atoms. The average molecular weight is 247 g/mol. The van der Waals surface area contributed by atoms with Crippen LogP contribution in [0.1, 0.15) is 29.7 Å². The summed E-state index contributed by atoms with van der Waals surface area (Å²) in [5.41, 5.74) is 2.63. The molecule has 1 aliphatic carbocycles. The average Bonchev–Trinajstić information content (AvgIpc) is 3.06. The van der Waals surface area contributed by atoms with Crippen LogP contribution in [0.15, 0.2) is 6.07 Å². The van der Waals surface area contributed by atoms with Crippen molar-refractivity contribution in [3.63, 3.8) is 0 Å². The van der Waals surface area contributed by atoms with E-state index in [1.165, 1.54) is 12.8 Å². The van der Waals surface area contributed by atoms with Gasteiger partial charge in [-0.2, -0.15) is 17.0 Å². The standard InChI is InChI=1S/C13H17N3S/c1-9-6-10(2)16-12(11(9)7-14)15-8-13(17-3)4-5-13/h6H,4-5,8H2,1-3H3,(H,15,16). The van der Waals surface area contributed by atoms with Crippen LogP contribution in [0, 0.1) is 25.2 Å². The Labute approximate surface area is 107 Å². The lowest BCUT2D eigenvalue weighted by atomic mass is 10.1. The molecule has 0 unspecified atom stereocenters. The molecule has 3 nitrogen and oxygen atoms in total. The highest BCUT2D eigenvalue weighted by molar-refractivity contribution is 8.00. The Morgan fingerprint density at radius 2 is 2.24 bits per heavy atom. The van der Waals surface area contributed by atoms with Crippen LogP contribution < -0.4 is 5.32 Å². The van der Waals surface area contributed by atoms with E-state index in [4.69, 9.17) is 5.26 Å². The van der Waals surface area contributed by atoms with E-state index in [1.807, 2.05) is 31.7 Å². The van der Waals surface area contributed by atoms with Gasteiger partial charge < -0.3 is 5.32 Å². The smallest absolute Gasteiger partial charge is 0.144 e. The van der Waals surface area contributed by atoms with E-state index >= 15 is 0 Å². The molecule has 0 bridgehead atoms. The summed E-state index contributed by atoms with van der Waals surface area (Å²) >= 11 is 1.91. The van der Waals surface area contributed by atoms with Gasteiger partial charge in [-0.3, -0.25) is 0 Å². The molecule has 0 radical (unpaired) electrons. The molecule has 90 valence electrons. The second-order valence-corrected chi connectivity index (χ2v) is 5.93.